The van der Waals surface area contributed by atoms with Crippen molar-refractivity contribution in [1.29, 1.82) is 0 Å². The van der Waals surface area contributed by atoms with Crippen molar-refractivity contribution >= 4 is 44.9 Å². The van der Waals surface area contributed by atoms with Gasteiger partial charge in [-0.3, -0.25) is 4.79 Å². The van der Waals surface area contributed by atoms with E-state index in [2.05, 4.69) is 15.9 Å². The first kappa shape index (κ1) is 14.5. The fourth-order valence-corrected chi connectivity index (χ4v) is 2.36. The van der Waals surface area contributed by atoms with E-state index in [9.17, 15) is 9.18 Å². The molecule has 0 unspecified atom stereocenters. The number of Topliss-reactive ketones (excluding diaryl/α,β-unsaturated/α-hetero) is 1. The minimum Gasteiger partial charge on any atom is -0.294 e. The molecule has 0 radical (unpaired) electrons. The maximum atomic E-state index is 13.7. The number of hydrogen-bond donors (Lipinski definition) is 0. The highest BCUT2D eigenvalue weighted by Crippen LogP contribution is 2.26. The number of carbonyl (C=O) groups is 1. The summed E-state index contributed by atoms with van der Waals surface area (Å²) in [6.45, 7) is 0. The normalized spacial score (nSPS) is 10.5. The Morgan fingerprint density at radius 3 is 2.63 bits per heavy atom. The number of ketones is 1. The molecule has 0 aliphatic heterocycles. The van der Waals surface area contributed by atoms with Gasteiger partial charge in [0, 0.05) is 15.9 Å². The first-order valence-corrected chi connectivity index (χ1v) is 6.94. The molecule has 2 aromatic rings. The molecule has 0 aliphatic carbocycles. The minimum atomic E-state index is -0.594. The fourth-order valence-electron chi connectivity index (χ4n) is 1.66. The summed E-state index contributed by atoms with van der Waals surface area (Å²) in [6, 6.07) is 9.42. The molecule has 0 saturated heterocycles. The zero-order valence-corrected chi connectivity index (χ0v) is 12.7. The van der Waals surface area contributed by atoms with E-state index in [0.717, 1.165) is 5.56 Å². The van der Waals surface area contributed by atoms with E-state index in [4.69, 9.17) is 23.2 Å². The number of hydrogen-bond acceptors (Lipinski definition) is 1. The molecular formula is C14H8BrCl2FO. The summed E-state index contributed by atoms with van der Waals surface area (Å²) in [5.74, 6) is -0.933. The van der Waals surface area contributed by atoms with Crippen molar-refractivity contribution < 1.29 is 9.18 Å². The second-order valence-electron chi connectivity index (χ2n) is 3.98. The zero-order chi connectivity index (χ0) is 14.0. The molecule has 98 valence electrons. The Morgan fingerprint density at radius 2 is 1.95 bits per heavy atom. The lowest BCUT2D eigenvalue weighted by Crippen LogP contribution is -2.06. The maximum Gasteiger partial charge on any atom is 0.170 e. The van der Waals surface area contributed by atoms with Gasteiger partial charge in [0.05, 0.1) is 10.6 Å². The Kier molecular flexibility index (Phi) is 4.61. The second kappa shape index (κ2) is 6.04. The maximum absolute atomic E-state index is 13.7. The van der Waals surface area contributed by atoms with Crippen LogP contribution < -0.4 is 0 Å². The highest BCUT2D eigenvalue weighted by atomic mass is 79.9. The molecule has 0 aliphatic rings. The van der Waals surface area contributed by atoms with E-state index in [1.165, 1.54) is 12.1 Å². The van der Waals surface area contributed by atoms with Crippen molar-refractivity contribution in [2.45, 2.75) is 6.42 Å². The summed E-state index contributed by atoms with van der Waals surface area (Å²) in [7, 11) is 0. The third-order valence-electron chi connectivity index (χ3n) is 2.56. The molecular weight excluding hydrogens is 354 g/mol. The second-order valence-corrected chi connectivity index (χ2v) is 5.67. The van der Waals surface area contributed by atoms with Crippen molar-refractivity contribution in [2.75, 3.05) is 0 Å². The van der Waals surface area contributed by atoms with Crippen LogP contribution in [0.2, 0.25) is 10.0 Å². The van der Waals surface area contributed by atoms with Gasteiger partial charge in [-0.05, 0) is 45.8 Å². The molecule has 2 aromatic carbocycles. The van der Waals surface area contributed by atoms with E-state index in [1.54, 1.807) is 24.3 Å². The molecule has 19 heavy (non-hydrogen) atoms. The minimum absolute atomic E-state index is 0.0202. The van der Waals surface area contributed by atoms with Crippen LogP contribution in [-0.2, 0) is 6.42 Å². The van der Waals surface area contributed by atoms with Gasteiger partial charge in [-0.15, -0.1) is 0 Å². The topological polar surface area (TPSA) is 17.1 Å². The Morgan fingerprint density at radius 1 is 1.21 bits per heavy atom. The van der Waals surface area contributed by atoms with Gasteiger partial charge in [-0.25, -0.2) is 4.39 Å². The molecule has 0 fully saturated rings. The number of benzene rings is 2. The smallest absolute Gasteiger partial charge is 0.170 e. The lowest BCUT2D eigenvalue weighted by molar-refractivity contribution is 0.0989. The van der Waals surface area contributed by atoms with E-state index >= 15 is 0 Å². The summed E-state index contributed by atoms with van der Waals surface area (Å²) >= 11 is 14.8. The van der Waals surface area contributed by atoms with Gasteiger partial charge < -0.3 is 0 Å². The molecule has 2 rings (SSSR count). The third-order valence-corrected chi connectivity index (χ3v) is 4.00. The summed E-state index contributed by atoms with van der Waals surface area (Å²) in [5.41, 5.74) is 0.712. The van der Waals surface area contributed by atoms with Gasteiger partial charge in [0.2, 0.25) is 0 Å². The predicted octanol–water partition coefficient (Wildman–Crippen LogP) is 5.32. The van der Waals surface area contributed by atoms with Crippen LogP contribution in [0.3, 0.4) is 0 Å². The van der Waals surface area contributed by atoms with Crippen molar-refractivity contribution in [3.05, 3.63) is 67.9 Å². The highest BCUT2D eigenvalue weighted by Gasteiger charge is 2.15. The molecule has 0 heterocycles. The number of halogens is 4. The molecule has 5 heteroatoms. The Labute approximate surface area is 128 Å². The van der Waals surface area contributed by atoms with Crippen LogP contribution in [0.1, 0.15) is 15.9 Å². The molecule has 0 spiro atoms. The van der Waals surface area contributed by atoms with Crippen LogP contribution in [-0.4, -0.2) is 5.78 Å². The molecule has 0 amide bonds. The van der Waals surface area contributed by atoms with Crippen LogP contribution >= 0.6 is 39.1 Å². The van der Waals surface area contributed by atoms with Crippen molar-refractivity contribution in [3.8, 4) is 0 Å². The Hall–Kier alpha value is -0.900. The fraction of sp³-hybridized carbons (Fsp3) is 0.0714. The van der Waals surface area contributed by atoms with Gasteiger partial charge in [-0.1, -0.05) is 35.3 Å². The molecule has 0 bridgehead atoms. The first-order chi connectivity index (χ1) is 8.97. The van der Waals surface area contributed by atoms with Crippen molar-refractivity contribution in [3.63, 3.8) is 0 Å². The molecule has 0 saturated carbocycles. The van der Waals surface area contributed by atoms with Gasteiger partial charge in [0.25, 0.3) is 0 Å². The van der Waals surface area contributed by atoms with Gasteiger partial charge in [0.15, 0.2) is 5.78 Å². The summed E-state index contributed by atoms with van der Waals surface area (Å²) in [5, 5.41) is 0.843. The average Bonchev–Trinajstić information content (AvgIpc) is 2.33. The van der Waals surface area contributed by atoms with Crippen LogP contribution in [0.4, 0.5) is 4.39 Å². The number of carbonyl (C=O) groups excluding carboxylic acids is 1. The molecule has 1 nitrogen and oxygen atoms in total. The number of rotatable bonds is 3. The molecule has 0 N–H and O–H groups in total. The largest absolute Gasteiger partial charge is 0.294 e. The Balaban J connectivity index is 2.28. The lowest BCUT2D eigenvalue weighted by Gasteiger charge is -2.05. The van der Waals surface area contributed by atoms with E-state index < -0.39 is 5.82 Å². The highest BCUT2D eigenvalue weighted by molar-refractivity contribution is 9.10. The van der Waals surface area contributed by atoms with E-state index in [0.29, 0.717) is 14.5 Å². The van der Waals surface area contributed by atoms with E-state index in [1.807, 2.05) is 0 Å². The van der Waals surface area contributed by atoms with Crippen LogP contribution in [0.25, 0.3) is 0 Å². The molecule has 0 atom stereocenters. The monoisotopic (exact) mass is 360 g/mol. The van der Waals surface area contributed by atoms with Crippen molar-refractivity contribution in [2.24, 2.45) is 0 Å². The predicted molar refractivity (Wildman–Crippen MR) is 78.6 cm³/mol. The first-order valence-electron chi connectivity index (χ1n) is 5.39. The standard InChI is InChI=1S/C14H8BrCl2FO/c15-11-7-13(18)10(6-12(11)17)14(19)5-8-2-1-3-9(16)4-8/h1-4,6-7H,5H2. The van der Waals surface area contributed by atoms with Gasteiger partial charge in [0.1, 0.15) is 5.82 Å². The summed E-state index contributed by atoms with van der Waals surface area (Å²) in [4.78, 5) is 12.1. The lowest BCUT2D eigenvalue weighted by atomic mass is 10.0. The summed E-state index contributed by atoms with van der Waals surface area (Å²) in [6.07, 6.45) is 0.0788. The van der Waals surface area contributed by atoms with Crippen LogP contribution in [0.5, 0.6) is 0 Å². The van der Waals surface area contributed by atoms with E-state index in [-0.39, 0.29) is 17.8 Å². The van der Waals surface area contributed by atoms with Crippen LogP contribution in [0, 0.1) is 5.82 Å². The average molecular weight is 362 g/mol. The Bertz CT molecular complexity index is 643. The summed E-state index contributed by atoms with van der Waals surface area (Å²) < 4.78 is 14.1. The third kappa shape index (κ3) is 3.56. The molecule has 0 aromatic heterocycles. The van der Waals surface area contributed by atoms with Gasteiger partial charge in [-0.2, -0.15) is 0 Å². The zero-order valence-electron chi connectivity index (χ0n) is 9.59. The van der Waals surface area contributed by atoms with Crippen LogP contribution in [0.15, 0.2) is 40.9 Å². The van der Waals surface area contributed by atoms with Gasteiger partial charge >= 0.3 is 0 Å². The van der Waals surface area contributed by atoms with Crippen molar-refractivity contribution in [1.82, 2.24) is 0 Å². The SMILES string of the molecule is O=C(Cc1cccc(Cl)c1)c1cc(Cl)c(Br)cc1F. The quantitative estimate of drug-likeness (QED) is 0.534.